The molecule has 130 valence electrons. The number of ketones is 1. The van der Waals surface area contributed by atoms with Crippen molar-refractivity contribution in [3.63, 3.8) is 0 Å². The fraction of sp³-hybridized carbons (Fsp3) is 0.222. The van der Waals surface area contributed by atoms with Crippen LogP contribution in [0.15, 0.2) is 53.4 Å². The lowest BCUT2D eigenvalue weighted by molar-refractivity contribution is -0.116. The average Bonchev–Trinajstić information content (AvgIpc) is 3.38. The first-order valence-electron chi connectivity index (χ1n) is 7.69. The molecule has 0 radical (unpaired) electrons. The first-order valence-corrected chi connectivity index (χ1v) is 9.55. The van der Waals surface area contributed by atoms with Crippen molar-refractivity contribution >= 4 is 38.8 Å². The van der Waals surface area contributed by atoms with Crippen LogP contribution < -0.4 is 5.32 Å². The van der Waals surface area contributed by atoms with Gasteiger partial charge in [0.25, 0.3) is 0 Å². The molecule has 0 atom stereocenters. The second-order valence-electron chi connectivity index (χ2n) is 6.04. The number of rotatable bonds is 5. The summed E-state index contributed by atoms with van der Waals surface area (Å²) in [5.74, 6) is -0.714. The summed E-state index contributed by atoms with van der Waals surface area (Å²) in [6.45, 7) is 1.42. The number of hydrogen-bond acceptors (Lipinski definition) is 4. The average molecular weight is 378 g/mol. The van der Waals surface area contributed by atoms with Gasteiger partial charge in [-0.05, 0) is 56.2 Å². The van der Waals surface area contributed by atoms with Crippen LogP contribution in [0.25, 0.3) is 0 Å². The zero-order valence-electron chi connectivity index (χ0n) is 13.5. The van der Waals surface area contributed by atoms with Crippen LogP contribution in [0.5, 0.6) is 0 Å². The molecule has 0 spiro atoms. The van der Waals surface area contributed by atoms with Gasteiger partial charge in [-0.3, -0.25) is 9.59 Å². The highest BCUT2D eigenvalue weighted by atomic mass is 35.5. The number of sulfone groups is 1. The van der Waals surface area contributed by atoms with Crippen molar-refractivity contribution in [2.45, 2.75) is 29.4 Å². The Morgan fingerprint density at radius 1 is 1.08 bits per heavy atom. The third kappa shape index (κ3) is 3.19. The summed E-state index contributed by atoms with van der Waals surface area (Å²) in [5.41, 5.74) is 0.846. The molecule has 0 saturated heterocycles. The summed E-state index contributed by atoms with van der Waals surface area (Å²) in [6, 6.07) is 12.2. The molecule has 1 aliphatic rings. The van der Waals surface area contributed by atoms with E-state index < -0.39 is 20.5 Å². The number of amides is 1. The number of benzene rings is 2. The molecule has 3 rings (SSSR count). The van der Waals surface area contributed by atoms with Gasteiger partial charge in [-0.15, -0.1) is 0 Å². The van der Waals surface area contributed by atoms with Crippen LogP contribution >= 0.6 is 11.6 Å². The van der Waals surface area contributed by atoms with Gasteiger partial charge in [0, 0.05) is 16.3 Å². The molecule has 1 amide bonds. The number of hydrogen-bond donors (Lipinski definition) is 1. The number of carbonyl (C=O) groups excluding carboxylic acids is 2. The minimum Gasteiger partial charge on any atom is -0.325 e. The lowest BCUT2D eigenvalue weighted by Crippen LogP contribution is -2.37. The Balaban J connectivity index is 1.87. The molecule has 2 aromatic carbocycles. The Hall–Kier alpha value is -2.18. The van der Waals surface area contributed by atoms with Gasteiger partial charge in [-0.2, -0.15) is 0 Å². The molecule has 25 heavy (non-hydrogen) atoms. The van der Waals surface area contributed by atoms with Gasteiger partial charge in [0.1, 0.15) is 0 Å². The highest BCUT2D eigenvalue weighted by molar-refractivity contribution is 7.94. The molecule has 0 heterocycles. The number of halogens is 1. The Morgan fingerprint density at radius 3 is 2.28 bits per heavy atom. The molecule has 1 fully saturated rings. The molecular formula is C18H16ClNO4S. The normalized spacial score (nSPS) is 15.4. The molecule has 0 aliphatic heterocycles. The highest BCUT2D eigenvalue weighted by Crippen LogP contribution is 2.47. The van der Waals surface area contributed by atoms with Crippen LogP contribution in [-0.2, 0) is 14.6 Å². The quantitative estimate of drug-likeness (QED) is 0.809. The van der Waals surface area contributed by atoms with Crippen molar-refractivity contribution in [2.24, 2.45) is 0 Å². The SMILES string of the molecule is CC(=O)c1cccc(NC(=O)C2(S(=O)(=O)c3ccc(Cl)cc3)CC2)c1. The van der Waals surface area contributed by atoms with Crippen molar-refractivity contribution in [2.75, 3.05) is 5.32 Å². The van der Waals surface area contributed by atoms with E-state index in [1.165, 1.54) is 37.3 Å². The summed E-state index contributed by atoms with van der Waals surface area (Å²) in [4.78, 5) is 24.2. The van der Waals surface area contributed by atoms with Gasteiger partial charge in [-0.1, -0.05) is 23.7 Å². The molecule has 1 N–H and O–H groups in total. The molecule has 1 saturated carbocycles. The summed E-state index contributed by atoms with van der Waals surface area (Å²) in [7, 11) is -3.83. The van der Waals surface area contributed by atoms with E-state index in [0.717, 1.165) is 0 Å². The van der Waals surface area contributed by atoms with Gasteiger partial charge < -0.3 is 5.32 Å². The second kappa shape index (κ2) is 6.28. The second-order valence-corrected chi connectivity index (χ2v) is 8.74. The topological polar surface area (TPSA) is 80.3 Å². The number of carbonyl (C=O) groups is 2. The molecule has 7 heteroatoms. The van der Waals surface area contributed by atoms with E-state index in [9.17, 15) is 18.0 Å². The lowest BCUT2D eigenvalue weighted by Gasteiger charge is -2.16. The smallest absolute Gasteiger partial charge is 0.246 e. The third-order valence-corrected chi connectivity index (χ3v) is 7.05. The van der Waals surface area contributed by atoms with Crippen LogP contribution in [0.3, 0.4) is 0 Å². The van der Waals surface area contributed by atoms with Crippen LogP contribution in [0.4, 0.5) is 5.69 Å². The minimum atomic E-state index is -3.83. The Kier molecular flexibility index (Phi) is 4.43. The van der Waals surface area contributed by atoms with E-state index in [-0.39, 0.29) is 23.5 Å². The molecule has 0 bridgehead atoms. The fourth-order valence-corrected chi connectivity index (χ4v) is 4.64. The monoisotopic (exact) mass is 377 g/mol. The third-order valence-electron chi connectivity index (χ3n) is 4.28. The standard InChI is InChI=1S/C18H16ClNO4S/c1-12(21)13-3-2-4-15(11-13)20-17(22)18(9-10-18)25(23,24)16-7-5-14(19)6-8-16/h2-8,11H,9-10H2,1H3,(H,20,22). The maximum Gasteiger partial charge on any atom is 0.246 e. The highest BCUT2D eigenvalue weighted by Gasteiger charge is 2.61. The molecule has 2 aromatic rings. The molecule has 0 aromatic heterocycles. The summed E-state index contributed by atoms with van der Waals surface area (Å²) in [6.07, 6.45) is 0.520. The Bertz CT molecular complexity index is 947. The van der Waals surface area contributed by atoms with Crippen LogP contribution in [0.2, 0.25) is 5.02 Å². The summed E-state index contributed by atoms with van der Waals surface area (Å²) in [5, 5.41) is 3.06. The van der Waals surface area contributed by atoms with E-state index in [0.29, 0.717) is 16.3 Å². The van der Waals surface area contributed by atoms with Crippen LogP contribution in [-0.4, -0.2) is 24.9 Å². The van der Waals surface area contributed by atoms with Crippen molar-refractivity contribution in [1.82, 2.24) is 0 Å². The Morgan fingerprint density at radius 2 is 1.72 bits per heavy atom. The van der Waals surface area contributed by atoms with Crippen LogP contribution in [0, 0.1) is 0 Å². The molecule has 1 aliphatic carbocycles. The molecular weight excluding hydrogens is 362 g/mol. The maximum atomic E-state index is 12.9. The number of nitrogens with one attached hydrogen (secondary N) is 1. The first-order chi connectivity index (χ1) is 11.8. The predicted octanol–water partition coefficient (Wildman–Crippen LogP) is 3.49. The van der Waals surface area contributed by atoms with Gasteiger partial charge in [0.05, 0.1) is 4.90 Å². The number of anilines is 1. The van der Waals surface area contributed by atoms with E-state index in [4.69, 9.17) is 11.6 Å². The van der Waals surface area contributed by atoms with Crippen LogP contribution in [0.1, 0.15) is 30.1 Å². The first kappa shape index (κ1) is 17.6. The van der Waals surface area contributed by atoms with Gasteiger partial charge >= 0.3 is 0 Å². The zero-order chi connectivity index (χ0) is 18.2. The molecule has 5 nitrogen and oxygen atoms in total. The van der Waals surface area contributed by atoms with E-state index in [1.807, 2.05) is 0 Å². The van der Waals surface area contributed by atoms with Crippen molar-refractivity contribution < 1.29 is 18.0 Å². The minimum absolute atomic E-state index is 0.0713. The van der Waals surface area contributed by atoms with E-state index in [2.05, 4.69) is 5.32 Å². The lowest BCUT2D eigenvalue weighted by atomic mass is 10.1. The fourth-order valence-electron chi connectivity index (χ4n) is 2.63. The molecule has 0 unspecified atom stereocenters. The van der Waals surface area contributed by atoms with Gasteiger partial charge in [0.15, 0.2) is 20.4 Å². The van der Waals surface area contributed by atoms with Gasteiger partial charge in [-0.25, -0.2) is 8.42 Å². The summed E-state index contributed by atoms with van der Waals surface area (Å²) < 4.78 is 24.3. The van der Waals surface area contributed by atoms with E-state index in [1.54, 1.807) is 18.2 Å². The Labute approximate surface area is 150 Å². The van der Waals surface area contributed by atoms with Gasteiger partial charge in [0.2, 0.25) is 5.91 Å². The van der Waals surface area contributed by atoms with Crippen molar-refractivity contribution in [1.29, 1.82) is 0 Å². The predicted molar refractivity (Wildman–Crippen MR) is 95.7 cm³/mol. The van der Waals surface area contributed by atoms with Crippen molar-refractivity contribution in [3.05, 3.63) is 59.1 Å². The van der Waals surface area contributed by atoms with E-state index >= 15 is 0 Å². The summed E-state index contributed by atoms with van der Waals surface area (Å²) >= 11 is 5.80. The largest absolute Gasteiger partial charge is 0.325 e. The van der Waals surface area contributed by atoms with Crippen molar-refractivity contribution in [3.8, 4) is 0 Å². The zero-order valence-corrected chi connectivity index (χ0v) is 15.0. The maximum absolute atomic E-state index is 12.9. The number of Topliss-reactive ketones (excluding diaryl/α,β-unsaturated/α-hetero) is 1.